The molecule has 0 aliphatic carbocycles. The number of carbonyl (C=O) groups is 1. The lowest BCUT2D eigenvalue weighted by Gasteiger charge is -2.22. The Morgan fingerprint density at radius 2 is 2.12 bits per heavy atom. The molecule has 0 unspecified atom stereocenters. The van der Waals surface area contributed by atoms with Gasteiger partial charge in [0.15, 0.2) is 6.29 Å². The fourth-order valence-corrected chi connectivity index (χ4v) is 2.26. The van der Waals surface area contributed by atoms with Gasteiger partial charge in [0, 0.05) is 30.4 Å². The number of hydrogen-bond acceptors (Lipinski definition) is 3. The molecule has 0 amide bonds. The summed E-state index contributed by atoms with van der Waals surface area (Å²) < 4.78 is 0. The molecule has 3 nitrogen and oxygen atoms in total. The molecule has 1 aliphatic heterocycles. The molecule has 86 valence electrons. The Kier molecular flexibility index (Phi) is 3.25. The Balaban J connectivity index is 2.17. The smallest absolute Gasteiger partial charge is 0.152 e. The Morgan fingerprint density at radius 3 is 2.75 bits per heavy atom. The molecule has 3 heteroatoms. The summed E-state index contributed by atoms with van der Waals surface area (Å²) in [4.78, 5) is 15.5. The van der Waals surface area contributed by atoms with Gasteiger partial charge in [0.1, 0.15) is 0 Å². The number of rotatable bonds is 3. The van der Waals surface area contributed by atoms with Gasteiger partial charge >= 0.3 is 0 Å². The van der Waals surface area contributed by atoms with Crippen LogP contribution in [-0.4, -0.2) is 44.4 Å². The second-order valence-electron chi connectivity index (χ2n) is 4.53. The minimum atomic E-state index is 0.597. The van der Waals surface area contributed by atoms with E-state index in [4.69, 9.17) is 0 Å². The minimum Gasteiger partial charge on any atom is -0.369 e. The number of carbonyl (C=O) groups excluding carboxylic acids is 1. The van der Waals surface area contributed by atoms with E-state index in [-0.39, 0.29) is 0 Å². The van der Waals surface area contributed by atoms with Crippen LogP contribution in [-0.2, 0) is 0 Å². The number of benzene rings is 1. The molecule has 1 atom stereocenters. The molecule has 1 heterocycles. The lowest BCUT2D eigenvalue weighted by atomic mass is 10.2. The van der Waals surface area contributed by atoms with Crippen molar-refractivity contribution in [1.82, 2.24) is 4.90 Å². The monoisotopic (exact) mass is 218 g/mol. The third-order valence-corrected chi connectivity index (χ3v) is 3.30. The third-order valence-electron chi connectivity index (χ3n) is 3.30. The second-order valence-corrected chi connectivity index (χ2v) is 4.53. The Labute approximate surface area is 96.7 Å². The summed E-state index contributed by atoms with van der Waals surface area (Å²) in [6, 6.07) is 8.41. The molecule has 0 saturated carbocycles. The number of para-hydroxylation sites is 1. The van der Waals surface area contributed by atoms with Crippen molar-refractivity contribution in [3.63, 3.8) is 0 Å². The molecule has 1 fully saturated rings. The van der Waals surface area contributed by atoms with E-state index in [0.29, 0.717) is 6.04 Å². The molecule has 0 aromatic heterocycles. The largest absolute Gasteiger partial charge is 0.369 e. The fourth-order valence-electron chi connectivity index (χ4n) is 2.26. The van der Waals surface area contributed by atoms with Crippen molar-refractivity contribution in [2.45, 2.75) is 12.5 Å². The predicted octanol–water partition coefficient (Wildman–Crippen LogP) is 1.64. The first kappa shape index (κ1) is 11.1. The maximum atomic E-state index is 11.0. The van der Waals surface area contributed by atoms with Crippen molar-refractivity contribution >= 4 is 12.0 Å². The van der Waals surface area contributed by atoms with Gasteiger partial charge in [0.25, 0.3) is 0 Å². The zero-order chi connectivity index (χ0) is 11.5. The second kappa shape index (κ2) is 4.66. The molecular formula is C13H18N2O. The molecule has 0 radical (unpaired) electrons. The van der Waals surface area contributed by atoms with Gasteiger partial charge in [-0.05, 0) is 32.6 Å². The van der Waals surface area contributed by atoms with E-state index in [1.54, 1.807) is 0 Å². The predicted molar refractivity (Wildman–Crippen MR) is 66.1 cm³/mol. The maximum Gasteiger partial charge on any atom is 0.152 e. The standard InChI is InChI=1S/C13H18N2O/c1-14(2)12-7-8-15(9-12)13-6-4-3-5-11(13)10-16/h3-6,10,12H,7-9H2,1-2H3/t12-/m1/s1. The third kappa shape index (κ3) is 2.09. The van der Waals surface area contributed by atoms with Gasteiger partial charge in [0.2, 0.25) is 0 Å². The highest BCUT2D eigenvalue weighted by Crippen LogP contribution is 2.24. The van der Waals surface area contributed by atoms with Crippen molar-refractivity contribution < 1.29 is 4.79 Å². The van der Waals surface area contributed by atoms with E-state index in [2.05, 4.69) is 23.9 Å². The van der Waals surface area contributed by atoms with Crippen LogP contribution >= 0.6 is 0 Å². The van der Waals surface area contributed by atoms with Crippen LogP contribution in [0, 0.1) is 0 Å². The lowest BCUT2D eigenvalue weighted by Crippen LogP contribution is -2.31. The van der Waals surface area contributed by atoms with E-state index in [0.717, 1.165) is 30.6 Å². The highest BCUT2D eigenvalue weighted by molar-refractivity contribution is 5.84. The summed E-state index contributed by atoms with van der Waals surface area (Å²) in [6.45, 7) is 2.05. The van der Waals surface area contributed by atoms with E-state index >= 15 is 0 Å². The Bertz CT molecular complexity index is 376. The number of hydrogen-bond donors (Lipinski definition) is 0. The van der Waals surface area contributed by atoms with Crippen LogP contribution in [0.1, 0.15) is 16.8 Å². The topological polar surface area (TPSA) is 23.6 Å². The number of aldehydes is 1. The summed E-state index contributed by atoms with van der Waals surface area (Å²) in [5.74, 6) is 0. The van der Waals surface area contributed by atoms with E-state index in [9.17, 15) is 4.79 Å². The van der Waals surface area contributed by atoms with Crippen molar-refractivity contribution in [2.24, 2.45) is 0 Å². The van der Waals surface area contributed by atoms with Crippen LogP contribution in [0.2, 0.25) is 0 Å². The van der Waals surface area contributed by atoms with E-state index in [1.807, 2.05) is 24.3 Å². The van der Waals surface area contributed by atoms with Crippen molar-refractivity contribution in [3.05, 3.63) is 29.8 Å². The fraction of sp³-hybridized carbons (Fsp3) is 0.462. The van der Waals surface area contributed by atoms with Crippen LogP contribution in [0.15, 0.2) is 24.3 Å². The lowest BCUT2D eigenvalue weighted by molar-refractivity contribution is 0.112. The van der Waals surface area contributed by atoms with Gasteiger partial charge in [-0.15, -0.1) is 0 Å². The Hall–Kier alpha value is -1.35. The normalized spacial score (nSPS) is 20.4. The van der Waals surface area contributed by atoms with Crippen molar-refractivity contribution in [1.29, 1.82) is 0 Å². The van der Waals surface area contributed by atoms with Crippen LogP contribution in [0.4, 0.5) is 5.69 Å². The summed E-state index contributed by atoms with van der Waals surface area (Å²) in [7, 11) is 4.22. The maximum absolute atomic E-state index is 11.0. The molecule has 0 spiro atoms. The van der Waals surface area contributed by atoms with Gasteiger partial charge < -0.3 is 9.80 Å². The van der Waals surface area contributed by atoms with Gasteiger partial charge in [-0.1, -0.05) is 12.1 Å². The Morgan fingerprint density at radius 1 is 1.38 bits per heavy atom. The molecule has 1 aromatic carbocycles. The molecule has 0 N–H and O–H groups in total. The molecule has 2 rings (SSSR count). The number of anilines is 1. The van der Waals surface area contributed by atoms with E-state index in [1.165, 1.54) is 6.42 Å². The van der Waals surface area contributed by atoms with Crippen LogP contribution in [0.3, 0.4) is 0 Å². The highest BCUT2D eigenvalue weighted by Gasteiger charge is 2.25. The summed E-state index contributed by atoms with van der Waals surface area (Å²) in [6.07, 6.45) is 2.11. The SMILES string of the molecule is CN(C)[C@@H]1CCN(c2ccccc2C=O)C1. The minimum absolute atomic E-state index is 0.597. The van der Waals surface area contributed by atoms with Crippen LogP contribution in [0.25, 0.3) is 0 Å². The van der Waals surface area contributed by atoms with Gasteiger partial charge in [-0.2, -0.15) is 0 Å². The first-order valence-corrected chi connectivity index (χ1v) is 5.68. The van der Waals surface area contributed by atoms with Crippen LogP contribution in [0.5, 0.6) is 0 Å². The summed E-state index contributed by atoms with van der Waals surface area (Å²) in [5, 5.41) is 0. The van der Waals surface area contributed by atoms with Crippen LogP contribution < -0.4 is 4.90 Å². The number of likely N-dealkylation sites (N-methyl/N-ethyl adjacent to an activating group) is 1. The molecule has 1 aromatic rings. The molecular weight excluding hydrogens is 200 g/mol. The summed E-state index contributed by atoms with van der Waals surface area (Å²) in [5.41, 5.74) is 1.86. The summed E-state index contributed by atoms with van der Waals surface area (Å²) >= 11 is 0. The molecule has 0 bridgehead atoms. The van der Waals surface area contributed by atoms with Gasteiger partial charge in [-0.25, -0.2) is 0 Å². The molecule has 16 heavy (non-hydrogen) atoms. The van der Waals surface area contributed by atoms with Crippen molar-refractivity contribution in [3.8, 4) is 0 Å². The molecule has 1 aliphatic rings. The quantitative estimate of drug-likeness (QED) is 0.721. The first-order valence-electron chi connectivity index (χ1n) is 5.68. The number of nitrogens with zero attached hydrogens (tertiary/aromatic N) is 2. The highest BCUT2D eigenvalue weighted by atomic mass is 16.1. The first-order chi connectivity index (χ1) is 7.72. The van der Waals surface area contributed by atoms with Gasteiger partial charge in [-0.3, -0.25) is 4.79 Å². The average Bonchev–Trinajstić information content (AvgIpc) is 2.78. The zero-order valence-electron chi connectivity index (χ0n) is 9.89. The molecule has 1 saturated heterocycles. The zero-order valence-corrected chi connectivity index (χ0v) is 9.89. The van der Waals surface area contributed by atoms with E-state index < -0.39 is 0 Å². The van der Waals surface area contributed by atoms with Gasteiger partial charge in [0.05, 0.1) is 0 Å². The van der Waals surface area contributed by atoms with Crippen molar-refractivity contribution in [2.75, 3.05) is 32.1 Å². The average molecular weight is 218 g/mol.